The number of ketones is 1. The summed E-state index contributed by atoms with van der Waals surface area (Å²) >= 11 is 0. The van der Waals surface area contributed by atoms with E-state index < -0.39 is 11.5 Å². The largest absolute Gasteiger partial charge is 0.375 e. The number of benzene rings is 2. The monoisotopic (exact) mass is 309 g/mol. The second-order valence-corrected chi connectivity index (χ2v) is 6.26. The second-order valence-electron chi connectivity index (χ2n) is 6.26. The third-order valence-corrected chi connectivity index (χ3v) is 4.49. The Morgan fingerprint density at radius 3 is 2.52 bits per heavy atom. The first-order chi connectivity index (χ1) is 10.8. The summed E-state index contributed by atoms with van der Waals surface area (Å²) in [4.78, 5) is 24.8. The Bertz CT molecular complexity index is 825. The second kappa shape index (κ2) is 5.32. The topological polar surface area (TPSA) is 66.4 Å². The molecule has 2 aromatic rings. The van der Waals surface area contributed by atoms with Crippen LogP contribution in [0.1, 0.15) is 39.0 Å². The number of aryl methyl sites for hydroxylation is 3. The summed E-state index contributed by atoms with van der Waals surface area (Å²) < 4.78 is 0. The molecule has 0 aliphatic carbocycles. The van der Waals surface area contributed by atoms with Crippen LogP contribution in [-0.2, 0) is 10.4 Å². The fourth-order valence-corrected chi connectivity index (χ4v) is 2.88. The van der Waals surface area contributed by atoms with Crippen molar-refractivity contribution in [2.75, 3.05) is 5.32 Å². The van der Waals surface area contributed by atoms with Crippen molar-refractivity contribution in [2.45, 2.75) is 32.8 Å². The van der Waals surface area contributed by atoms with E-state index in [-0.39, 0.29) is 12.2 Å². The molecule has 1 aliphatic rings. The van der Waals surface area contributed by atoms with Crippen molar-refractivity contribution in [2.24, 2.45) is 0 Å². The lowest BCUT2D eigenvalue weighted by atomic mass is 9.87. The molecule has 0 saturated carbocycles. The van der Waals surface area contributed by atoms with Crippen molar-refractivity contribution in [1.82, 2.24) is 0 Å². The van der Waals surface area contributed by atoms with Gasteiger partial charge in [-0.25, -0.2) is 0 Å². The van der Waals surface area contributed by atoms with Crippen LogP contribution >= 0.6 is 0 Å². The molecule has 0 radical (unpaired) electrons. The van der Waals surface area contributed by atoms with Crippen LogP contribution in [0.25, 0.3) is 0 Å². The molecule has 0 saturated heterocycles. The molecule has 1 amide bonds. The molecule has 1 aliphatic heterocycles. The number of carbonyl (C=O) groups is 2. The molecule has 0 bridgehead atoms. The molecule has 23 heavy (non-hydrogen) atoms. The number of nitrogens with one attached hydrogen (secondary N) is 1. The molecular weight excluding hydrogens is 290 g/mol. The highest BCUT2D eigenvalue weighted by molar-refractivity contribution is 6.09. The zero-order chi connectivity index (χ0) is 16.8. The molecule has 0 spiro atoms. The van der Waals surface area contributed by atoms with Crippen molar-refractivity contribution in [1.29, 1.82) is 0 Å². The Balaban J connectivity index is 1.95. The lowest BCUT2D eigenvalue weighted by Crippen LogP contribution is -2.36. The first-order valence-electron chi connectivity index (χ1n) is 7.57. The third-order valence-electron chi connectivity index (χ3n) is 4.49. The van der Waals surface area contributed by atoms with E-state index in [1.807, 2.05) is 32.9 Å². The molecule has 4 nitrogen and oxygen atoms in total. The van der Waals surface area contributed by atoms with E-state index in [0.29, 0.717) is 16.8 Å². The van der Waals surface area contributed by atoms with Gasteiger partial charge in [0, 0.05) is 16.8 Å². The number of rotatable bonds is 3. The Hall–Kier alpha value is -2.46. The van der Waals surface area contributed by atoms with Crippen molar-refractivity contribution in [3.8, 4) is 0 Å². The lowest BCUT2D eigenvalue weighted by molar-refractivity contribution is -0.133. The Morgan fingerprint density at radius 2 is 1.83 bits per heavy atom. The zero-order valence-corrected chi connectivity index (χ0v) is 13.4. The van der Waals surface area contributed by atoms with Gasteiger partial charge in [0.05, 0.1) is 6.42 Å². The van der Waals surface area contributed by atoms with Crippen LogP contribution in [0.5, 0.6) is 0 Å². The molecule has 2 aromatic carbocycles. The van der Waals surface area contributed by atoms with E-state index in [1.54, 1.807) is 24.3 Å². The van der Waals surface area contributed by atoms with Gasteiger partial charge in [-0.05, 0) is 44.0 Å². The highest BCUT2D eigenvalue weighted by atomic mass is 16.3. The van der Waals surface area contributed by atoms with E-state index in [2.05, 4.69) is 5.32 Å². The van der Waals surface area contributed by atoms with Crippen molar-refractivity contribution < 1.29 is 14.7 Å². The average Bonchev–Trinajstić information content (AvgIpc) is 2.73. The summed E-state index contributed by atoms with van der Waals surface area (Å²) in [6, 6.07) is 10.8. The van der Waals surface area contributed by atoms with Gasteiger partial charge in [-0.3, -0.25) is 9.59 Å². The zero-order valence-electron chi connectivity index (χ0n) is 13.4. The number of hydrogen-bond acceptors (Lipinski definition) is 3. The number of anilines is 1. The minimum Gasteiger partial charge on any atom is -0.375 e. The van der Waals surface area contributed by atoms with E-state index >= 15 is 0 Å². The van der Waals surface area contributed by atoms with Crippen LogP contribution in [-0.4, -0.2) is 16.8 Å². The van der Waals surface area contributed by atoms with Gasteiger partial charge in [0.2, 0.25) is 0 Å². The number of carbonyl (C=O) groups excluding carboxylic acids is 2. The maximum absolute atomic E-state index is 12.6. The van der Waals surface area contributed by atoms with Gasteiger partial charge in [-0.2, -0.15) is 0 Å². The SMILES string of the molecule is Cc1ccc2c(c1)[C@@](O)(CC(=O)c1ccc(C)c(C)c1)C(=O)N2. The van der Waals surface area contributed by atoms with E-state index in [0.717, 1.165) is 16.7 Å². The molecule has 0 fully saturated rings. The summed E-state index contributed by atoms with van der Waals surface area (Å²) in [6.07, 6.45) is -0.266. The summed E-state index contributed by atoms with van der Waals surface area (Å²) in [6.45, 7) is 5.79. The molecule has 1 atom stereocenters. The number of amides is 1. The van der Waals surface area contributed by atoms with Crippen LogP contribution in [0.4, 0.5) is 5.69 Å². The predicted molar refractivity (Wildman–Crippen MR) is 88.6 cm³/mol. The quantitative estimate of drug-likeness (QED) is 0.857. The van der Waals surface area contributed by atoms with Crippen LogP contribution in [0.2, 0.25) is 0 Å². The molecule has 3 rings (SSSR count). The van der Waals surface area contributed by atoms with Gasteiger partial charge < -0.3 is 10.4 Å². The summed E-state index contributed by atoms with van der Waals surface area (Å²) in [7, 11) is 0. The van der Waals surface area contributed by atoms with Gasteiger partial charge >= 0.3 is 0 Å². The van der Waals surface area contributed by atoms with Gasteiger partial charge in [-0.15, -0.1) is 0 Å². The van der Waals surface area contributed by atoms with Crippen LogP contribution in [0, 0.1) is 20.8 Å². The highest BCUT2D eigenvalue weighted by Gasteiger charge is 2.46. The molecule has 1 heterocycles. The third kappa shape index (κ3) is 2.55. The van der Waals surface area contributed by atoms with Crippen molar-refractivity contribution in [3.05, 3.63) is 64.2 Å². The van der Waals surface area contributed by atoms with E-state index in [1.165, 1.54) is 0 Å². The molecule has 2 N–H and O–H groups in total. The van der Waals surface area contributed by atoms with Crippen molar-refractivity contribution >= 4 is 17.4 Å². The number of fused-ring (bicyclic) bond motifs is 1. The summed E-state index contributed by atoms with van der Waals surface area (Å²) in [5.74, 6) is -0.796. The number of aliphatic hydroxyl groups is 1. The fourth-order valence-electron chi connectivity index (χ4n) is 2.88. The first kappa shape index (κ1) is 15.4. The Kier molecular flexibility index (Phi) is 3.57. The fraction of sp³-hybridized carbons (Fsp3) is 0.263. The number of Topliss-reactive ketones (excluding diaryl/α,β-unsaturated/α-hetero) is 1. The minimum atomic E-state index is -1.81. The van der Waals surface area contributed by atoms with Crippen molar-refractivity contribution in [3.63, 3.8) is 0 Å². The van der Waals surface area contributed by atoms with Crippen LogP contribution < -0.4 is 5.32 Å². The lowest BCUT2D eigenvalue weighted by Gasteiger charge is -2.20. The molecule has 0 unspecified atom stereocenters. The Morgan fingerprint density at radius 1 is 1.09 bits per heavy atom. The maximum atomic E-state index is 12.6. The van der Waals surface area contributed by atoms with Gasteiger partial charge in [0.1, 0.15) is 0 Å². The smallest absolute Gasteiger partial charge is 0.261 e. The normalized spacial score (nSPS) is 19.4. The minimum absolute atomic E-state index is 0.250. The standard InChI is InChI=1S/C19H19NO3/c1-11-4-7-16-15(8-11)19(23,18(22)20-16)10-17(21)14-6-5-12(2)13(3)9-14/h4-9,23H,10H2,1-3H3,(H,20,22)/t19-/m0/s1. The van der Waals surface area contributed by atoms with Gasteiger partial charge in [-0.1, -0.05) is 29.8 Å². The highest BCUT2D eigenvalue weighted by Crippen LogP contribution is 2.39. The number of hydrogen-bond donors (Lipinski definition) is 2. The predicted octanol–water partition coefficient (Wildman–Crippen LogP) is 3.02. The molecule has 118 valence electrons. The summed E-state index contributed by atoms with van der Waals surface area (Å²) in [5.41, 5.74) is 2.77. The van der Waals surface area contributed by atoms with E-state index in [9.17, 15) is 14.7 Å². The van der Waals surface area contributed by atoms with E-state index in [4.69, 9.17) is 0 Å². The van der Waals surface area contributed by atoms with Crippen LogP contribution in [0.3, 0.4) is 0 Å². The average molecular weight is 309 g/mol. The molecule has 0 aromatic heterocycles. The first-order valence-corrected chi connectivity index (χ1v) is 7.57. The molecule has 4 heteroatoms. The Labute approximate surface area is 135 Å². The summed E-state index contributed by atoms with van der Waals surface area (Å²) in [5, 5.41) is 13.5. The molecular formula is C19H19NO3. The van der Waals surface area contributed by atoms with Crippen LogP contribution in [0.15, 0.2) is 36.4 Å². The maximum Gasteiger partial charge on any atom is 0.261 e. The van der Waals surface area contributed by atoms with Gasteiger partial charge in [0.15, 0.2) is 11.4 Å². The van der Waals surface area contributed by atoms with Gasteiger partial charge in [0.25, 0.3) is 5.91 Å².